The Bertz CT molecular complexity index is 790. The third kappa shape index (κ3) is 4.30. The van der Waals surface area contributed by atoms with Crippen molar-refractivity contribution >= 4 is 23.6 Å². The summed E-state index contributed by atoms with van der Waals surface area (Å²) < 4.78 is 0. The number of carbonyl (C=O) groups excluding carboxylic acids is 4. The first kappa shape index (κ1) is 20.2. The molecular formula is C21H27N3O4. The number of carbonyl (C=O) groups is 4. The molecule has 28 heavy (non-hydrogen) atoms. The van der Waals surface area contributed by atoms with E-state index in [0.29, 0.717) is 11.1 Å². The number of hydrogen-bond donors (Lipinski definition) is 2. The first-order chi connectivity index (χ1) is 13.5. The SMILES string of the molecule is NCCCCCCCCc1ccc2c(c1)C(=O)N(C1CCC(=O)NC1=O)C2=O. The van der Waals surface area contributed by atoms with Gasteiger partial charge in [-0.1, -0.05) is 31.7 Å². The largest absolute Gasteiger partial charge is 0.330 e. The molecule has 150 valence electrons. The molecule has 3 N–H and O–H groups in total. The average Bonchev–Trinajstić information content (AvgIpc) is 2.92. The maximum Gasteiger partial charge on any atom is 0.262 e. The van der Waals surface area contributed by atoms with E-state index in [2.05, 4.69) is 5.32 Å². The molecule has 7 heteroatoms. The molecule has 2 aliphatic rings. The molecule has 1 fully saturated rings. The minimum atomic E-state index is -0.915. The number of amides is 4. The summed E-state index contributed by atoms with van der Waals surface area (Å²) in [6.45, 7) is 0.748. The van der Waals surface area contributed by atoms with Crippen LogP contribution in [0.1, 0.15) is 77.6 Å². The molecule has 2 aliphatic heterocycles. The molecule has 0 spiro atoms. The van der Waals surface area contributed by atoms with Crippen molar-refractivity contribution < 1.29 is 19.2 Å². The number of unbranched alkanes of at least 4 members (excludes halogenated alkanes) is 5. The molecule has 0 aliphatic carbocycles. The lowest BCUT2D eigenvalue weighted by Crippen LogP contribution is -2.54. The van der Waals surface area contributed by atoms with Gasteiger partial charge < -0.3 is 5.73 Å². The lowest BCUT2D eigenvalue weighted by molar-refractivity contribution is -0.136. The van der Waals surface area contributed by atoms with Gasteiger partial charge >= 0.3 is 0 Å². The number of fused-ring (bicyclic) bond motifs is 1. The third-order valence-corrected chi connectivity index (χ3v) is 5.42. The first-order valence-electron chi connectivity index (χ1n) is 10.1. The van der Waals surface area contributed by atoms with Crippen LogP contribution in [0.2, 0.25) is 0 Å². The van der Waals surface area contributed by atoms with Crippen LogP contribution in [0.25, 0.3) is 0 Å². The smallest absolute Gasteiger partial charge is 0.262 e. The highest BCUT2D eigenvalue weighted by Crippen LogP contribution is 2.28. The van der Waals surface area contributed by atoms with Crippen LogP contribution >= 0.6 is 0 Å². The van der Waals surface area contributed by atoms with Crippen LogP contribution in [0.5, 0.6) is 0 Å². The lowest BCUT2D eigenvalue weighted by atomic mass is 10.0. The number of nitrogens with two attached hydrogens (primary N) is 1. The maximum atomic E-state index is 12.8. The number of benzene rings is 1. The Hall–Kier alpha value is -2.54. The molecule has 0 aromatic heterocycles. The zero-order valence-corrected chi connectivity index (χ0v) is 16.0. The highest BCUT2D eigenvalue weighted by molar-refractivity contribution is 6.23. The van der Waals surface area contributed by atoms with Gasteiger partial charge in [0.1, 0.15) is 6.04 Å². The molecular weight excluding hydrogens is 358 g/mol. The van der Waals surface area contributed by atoms with Crippen LogP contribution in [-0.2, 0) is 16.0 Å². The van der Waals surface area contributed by atoms with E-state index in [0.717, 1.165) is 42.7 Å². The molecule has 0 saturated carbocycles. The molecule has 1 unspecified atom stereocenters. The first-order valence-corrected chi connectivity index (χ1v) is 10.1. The second-order valence-electron chi connectivity index (χ2n) is 7.49. The highest BCUT2D eigenvalue weighted by atomic mass is 16.2. The Kier molecular flexibility index (Phi) is 6.57. The Balaban J connectivity index is 1.60. The Morgan fingerprint density at radius 3 is 2.32 bits per heavy atom. The Labute approximate surface area is 164 Å². The molecule has 2 heterocycles. The second-order valence-corrected chi connectivity index (χ2v) is 7.49. The summed E-state index contributed by atoms with van der Waals surface area (Å²) in [6, 6.07) is 4.42. The summed E-state index contributed by atoms with van der Waals surface area (Å²) in [5.41, 5.74) is 7.20. The van der Waals surface area contributed by atoms with Crippen LogP contribution in [-0.4, -0.2) is 41.1 Å². The van der Waals surface area contributed by atoms with Crippen molar-refractivity contribution in [1.82, 2.24) is 10.2 Å². The number of rotatable bonds is 9. The van der Waals surface area contributed by atoms with E-state index in [4.69, 9.17) is 5.73 Å². The van der Waals surface area contributed by atoms with E-state index in [-0.39, 0.29) is 18.7 Å². The monoisotopic (exact) mass is 385 g/mol. The number of nitrogens with zero attached hydrogens (tertiary/aromatic N) is 1. The average molecular weight is 385 g/mol. The van der Waals surface area contributed by atoms with Gasteiger partial charge in [0.15, 0.2) is 0 Å². The quantitative estimate of drug-likeness (QED) is 0.499. The number of hydrogen-bond acceptors (Lipinski definition) is 5. The summed E-state index contributed by atoms with van der Waals surface area (Å²) in [5, 5.41) is 2.21. The minimum Gasteiger partial charge on any atom is -0.330 e. The van der Waals surface area contributed by atoms with E-state index >= 15 is 0 Å². The molecule has 1 saturated heterocycles. The zero-order valence-electron chi connectivity index (χ0n) is 16.0. The Morgan fingerprint density at radius 2 is 1.61 bits per heavy atom. The molecule has 4 amide bonds. The minimum absolute atomic E-state index is 0.125. The van der Waals surface area contributed by atoms with E-state index in [1.165, 1.54) is 19.3 Å². The number of imide groups is 2. The lowest BCUT2D eigenvalue weighted by Gasteiger charge is -2.27. The van der Waals surface area contributed by atoms with E-state index < -0.39 is 23.8 Å². The van der Waals surface area contributed by atoms with Crippen molar-refractivity contribution in [3.8, 4) is 0 Å². The van der Waals surface area contributed by atoms with Gasteiger partial charge in [-0.25, -0.2) is 0 Å². The van der Waals surface area contributed by atoms with Crippen LogP contribution in [0.3, 0.4) is 0 Å². The van der Waals surface area contributed by atoms with E-state index in [1.807, 2.05) is 6.07 Å². The van der Waals surface area contributed by atoms with Gasteiger partial charge in [0.05, 0.1) is 11.1 Å². The predicted molar refractivity (Wildman–Crippen MR) is 104 cm³/mol. The molecule has 0 bridgehead atoms. The summed E-state index contributed by atoms with van der Waals surface area (Å²) in [4.78, 5) is 49.9. The van der Waals surface area contributed by atoms with Crippen LogP contribution in [0, 0.1) is 0 Å². The van der Waals surface area contributed by atoms with Gasteiger partial charge in [-0.15, -0.1) is 0 Å². The van der Waals surface area contributed by atoms with Gasteiger partial charge in [-0.3, -0.25) is 29.4 Å². The van der Waals surface area contributed by atoms with Gasteiger partial charge in [0, 0.05) is 6.42 Å². The van der Waals surface area contributed by atoms with Crippen LogP contribution < -0.4 is 11.1 Å². The van der Waals surface area contributed by atoms with Crippen molar-refractivity contribution in [2.45, 2.75) is 63.8 Å². The van der Waals surface area contributed by atoms with Crippen molar-refractivity contribution in [2.24, 2.45) is 5.73 Å². The zero-order chi connectivity index (χ0) is 20.1. The maximum absolute atomic E-state index is 12.8. The normalized spacial score (nSPS) is 19.2. The fraction of sp³-hybridized carbons (Fsp3) is 0.524. The third-order valence-electron chi connectivity index (χ3n) is 5.42. The summed E-state index contributed by atoms with van der Waals surface area (Å²) in [7, 11) is 0. The molecule has 7 nitrogen and oxygen atoms in total. The second kappa shape index (κ2) is 9.10. The van der Waals surface area contributed by atoms with E-state index in [9.17, 15) is 19.2 Å². The van der Waals surface area contributed by atoms with Gasteiger partial charge in [0.2, 0.25) is 11.8 Å². The summed E-state index contributed by atoms with van der Waals surface area (Å²) in [5.74, 6) is -1.86. The number of aryl methyl sites for hydroxylation is 1. The van der Waals surface area contributed by atoms with Gasteiger partial charge in [0.25, 0.3) is 11.8 Å². The predicted octanol–water partition coefficient (Wildman–Crippen LogP) is 1.93. The fourth-order valence-electron chi connectivity index (χ4n) is 3.85. The molecule has 1 atom stereocenters. The van der Waals surface area contributed by atoms with Crippen LogP contribution in [0.4, 0.5) is 0 Å². The van der Waals surface area contributed by atoms with Crippen LogP contribution in [0.15, 0.2) is 18.2 Å². The van der Waals surface area contributed by atoms with Crippen molar-refractivity contribution in [3.05, 3.63) is 34.9 Å². The fourth-order valence-corrected chi connectivity index (χ4v) is 3.85. The topological polar surface area (TPSA) is 110 Å². The molecule has 3 rings (SSSR count). The van der Waals surface area contributed by atoms with Crippen molar-refractivity contribution in [3.63, 3.8) is 0 Å². The standard InChI is InChI=1S/C21H27N3O4/c22-12-6-4-2-1-3-5-7-14-8-9-15-16(13-14)21(28)24(20(15)27)17-10-11-18(25)23-19(17)26/h8-9,13,17H,1-7,10-12,22H2,(H,23,25,26). The van der Waals surface area contributed by atoms with Gasteiger partial charge in [-0.05, 0) is 49.9 Å². The summed E-state index contributed by atoms with van der Waals surface area (Å²) in [6.07, 6.45) is 7.91. The van der Waals surface area contributed by atoms with Crippen molar-refractivity contribution in [2.75, 3.05) is 6.54 Å². The van der Waals surface area contributed by atoms with Crippen molar-refractivity contribution in [1.29, 1.82) is 0 Å². The number of nitrogens with one attached hydrogen (secondary N) is 1. The summed E-state index contributed by atoms with van der Waals surface area (Å²) >= 11 is 0. The molecule has 1 aromatic rings. The Morgan fingerprint density at radius 1 is 0.929 bits per heavy atom. The van der Waals surface area contributed by atoms with E-state index in [1.54, 1.807) is 12.1 Å². The van der Waals surface area contributed by atoms with Gasteiger partial charge in [-0.2, -0.15) is 0 Å². The highest BCUT2D eigenvalue weighted by Gasteiger charge is 2.44. The number of piperidine rings is 1. The molecule has 0 radical (unpaired) electrons. The molecule has 1 aromatic carbocycles.